The van der Waals surface area contributed by atoms with Crippen molar-refractivity contribution in [2.24, 2.45) is 0 Å². The molecule has 346 valence electrons. The van der Waals surface area contributed by atoms with Crippen molar-refractivity contribution in [3.05, 3.63) is 155 Å². The van der Waals surface area contributed by atoms with Crippen molar-refractivity contribution in [1.29, 1.82) is 0 Å². The van der Waals surface area contributed by atoms with Gasteiger partial charge < -0.3 is 13.5 Å². The second-order valence-electron chi connectivity index (χ2n) is 25.5. The summed E-state index contributed by atoms with van der Waals surface area (Å²) in [6, 6.07) is 49.2. The van der Waals surface area contributed by atoms with Gasteiger partial charge >= 0.3 is 6.85 Å². The van der Waals surface area contributed by atoms with Gasteiger partial charge in [0.15, 0.2) is 0 Å². The van der Waals surface area contributed by atoms with E-state index in [1.165, 1.54) is 105 Å². The molecule has 2 aliphatic rings. The van der Waals surface area contributed by atoms with Gasteiger partial charge in [-0.3, -0.25) is 4.90 Å². The molecule has 5 heterocycles. The van der Waals surface area contributed by atoms with Gasteiger partial charge in [0, 0.05) is 71.6 Å². The minimum absolute atomic E-state index is 0.0132. The number of benzene rings is 7. The maximum Gasteiger partial charge on any atom is 0.337 e. The molecule has 0 saturated heterocycles. The summed E-state index contributed by atoms with van der Waals surface area (Å²) in [5, 5.41) is 6.32. The Kier molecular flexibility index (Phi) is 8.94. The number of hydrogen-bond donors (Lipinski definition) is 0. The van der Waals surface area contributed by atoms with E-state index < -0.39 is 0 Å². The number of fused-ring (bicyclic) bond motifs is 13. The van der Waals surface area contributed by atoms with Crippen LogP contribution in [0.1, 0.15) is 132 Å². The first kappa shape index (κ1) is 43.8. The summed E-state index contributed by atoms with van der Waals surface area (Å²) in [6.45, 7) is 35.0. The lowest BCUT2D eigenvalue weighted by Crippen LogP contribution is -2.56. The van der Waals surface area contributed by atoms with Gasteiger partial charge in [-0.15, -0.1) is 0 Å². The molecule has 0 atom stereocenters. The van der Waals surface area contributed by atoms with Gasteiger partial charge in [0.1, 0.15) is 5.58 Å². The first-order valence-corrected chi connectivity index (χ1v) is 25.2. The Hall–Kier alpha value is -6.46. The van der Waals surface area contributed by atoms with Crippen molar-refractivity contribution in [1.82, 2.24) is 9.05 Å². The van der Waals surface area contributed by atoms with E-state index in [1.807, 2.05) is 0 Å². The normalized spacial score (nSPS) is 14.2. The second-order valence-corrected chi connectivity index (χ2v) is 25.5. The predicted molar refractivity (Wildman–Crippen MR) is 298 cm³/mol. The molecule has 0 fully saturated rings. The van der Waals surface area contributed by atoms with Crippen LogP contribution in [0.4, 0.5) is 17.3 Å². The van der Waals surface area contributed by atoms with Crippen LogP contribution in [0.15, 0.2) is 132 Å². The summed E-state index contributed by atoms with van der Waals surface area (Å²) in [6.07, 6.45) is 0. The van der Waals surface area contributed by atoms with Crippen molar-refractivity contribution >= 4 is 89.6 Å². The van der Waals surface area contributed by atoms with Gasteiger partial charge in [-0.2, -0.15) is 0 Å². The first-order chi connectivity index (χ1) is 32.4. The number of nitrogens with zero attached hydrogens (tertiary/aromatic N) is 3. The number of aromatic nitrogens is 2. The van der Waals surface area contributed by atoms with Crippen LogP contribution in [0.5, 0.6) is 0 Å². The van der Waals surface area contributed by atoms with E-state index in [0.29, 0.717) is 0 Å². The lowest BCUT2D eigenvalue weighted by Gasteiger charge is -2.39. The lowest BCUT2D eigenvalue weighted by atomic mass is 9.45. The molecule has 2 aliphatic heterocycles. The summed E-state index contributed by atoms with van der Waals surface area (Å²) in [7, 11) is 0. The fraction of sp³-hybridized carbons (Fsp3) is 0.312. The fourth-order valence-corrected chi connectivity index (χ4v) is 11.7. The molecule has 3 aromatic heterocycles. The van der Waals surface area contributed by atoms with E-state index in [-0.39, 0.29) is 33.9 Å². The highest BCUT2D eigenvalue weighted by molar-refractivity contribution is 6.91. The molecule has 12 rings (SSSR count). The van der Waals surface area contributed by atoms with Crippen LogP contribution in [0, 0.1) is 0 Å². The van der Waals surface area contributed by atoms with Crippen molar-refractivity contribution in [2.45, 2.75) is 131 Å². The van der Waals surface area contributed by atoms with Gasteiger partial charge in [-0.1, -0.05) is 171 Å². The van der Waals surface area contributed by atoms with Crippen LogP contribution in [0.3, 0.4) is 0 Å². The summed E-state index contributed by atoms with van der Waals surface area (Å²) in [4.78, 5) is 2.49. The van der Waals surface area contributed by atoms with Crippen LogP contribution in [-0.2, 0) is 27.1 Å². The second kappa shape index (κ2) is 14.1. The van der Waals surface area contributed by atoms with E-state index in [4.69, 9.17) is 4.42 Å². The number of rotatable bonds is 2. The Morgan fingerprint density at radius 3 is 1.67 bits per heavy atom. The van der Waals surface area contributed by atoms with Crippen molar-refractivity contribution in [3.8, 4) is 16.8 Å². The Balaban J connectivity index is 1.33. The van der Waals surface area contributed by atoms with Gasteiger partial charge in [-0.05, 0) is 121 Å². The summed E-state index contributed by atoms with van der Waals surface area (Å²) in [5.41, 5.74) is 20.6. The Labute approximate surface area is 409 Å². The average molecular weight is 904 g/mol. The molecule has 0 N–H and O–H groups in total. The molecule has 0 bridgehead atoms. The van der Waals surface area contributed by atoms with E-state index in [1.54, 1.807) is 0 Å². The highest BCUT2D eigenvalue weighted by Gasteiger charge is 2.48. The van der Waals surface area contributed by atoms with E-state index in [2.05, 4.69) is 245 Å². The molecule has 0 radical (unpaired) electrons. The van der Waals surface area contributed by atoms with E-state index in [9.17, 15) is 0 Å². The third kappa shape index (κ3) is 6.34. The van der Waals surface area contributed by atoms with Crippen LogP contribution in [0.2, 0.25) is 0 Å². The average Bonchev–Trinajstić information content (AvgIpc) is 3.94. The van der Waals surface area contributed by atoms with Crippen LogP contribution < -0.4 is 15.8 Å². The third-order valence-electron chi connectivity index (χ3n) is 15.6. The molecular formula is C64H66BN3O. The zero-order valence-electron chi connectivity index (χ0n) is 43.5. The number of furan rings is 1. The molecule has 0 spiro atoms. The lowest BCUT2D eigenvalue weighted by molar-refractivity contribution is 0.552. The number of para-hydroxylation sites is 2. The zero-order valence-corrected chi connectivity index (χ0v) is 43.5. The van der Waals surface area contributed by atoms with E-state index >= 15 is 0 Å². The highest BCUT2D eigenvalue weighted by atomic mass is 16.4. The molecule has 10 aromatic rings. The minimum atomic E-state index is -0.187. The molecule has 4 nitrogen and oxygen atoms in total. The molecule has 69 heavy (non-hydrogen) atoms. The maximum atomic E-state index is 7.69. The molecule has 0 saturated carbocycles. The molecule has 0 aliphatic carbocycles. The minimum Gasteiger partial charge on any atom is -0.440 e. The van der Waals surface area contributed by atoms with Gasteiger partial charge in [-0.25, -0.2) is 0 Å². The Bertz CT molecular complexity index is 3790. The fourth-order valence-electron chi connectivity index (χ4n) is 11.7. The van der Waals surface area contributed by atoms with Crippen molar-refractivity contribution in [3.63, 3.8) is 0 Å². The quantitative estimate of drug-likeness (QED) is 0.162. The van der Waals surface area contributed by atoms with Crippen molar-refractivity contribution in [2.75, 3.05) is 4.90 Å². The largest absolute Gasteiger partial charge is 0.440 e. The SMILES string of the molecule is CC(C)(C)c1ccc(N2c3cc(C(C)(C)C)cc4c3B(c3c2oc2c(C(C)(C)C)cc(C(C)(C)C)cc32)n2c3ccc5c6ccccc6n(-c6ccccc6)c5c3c3cc(C(C)(C)C)cc-4c32)cc1. The predicted octanol–water partition coefficient (Wildman–Crippen LogP) is 16.5. The molecule has 0 unspecified atom stereocenters. The van der Waals surface area contributed by atoms with Gasteiger partial charge in [0.05, 0.1) is 11.0 Å². The van der Waals surface area contributed by atoms with Crippen LogP contribution in [0.25, 0.3) is 71.4 Å². The summed E-state index contributed by atoms with van der Waals surface area (Å²) in [5.74, 6) is 0.906. The molecule has 0 amide bonds. The third-order valence-corrected chi connectivity index (χ3v) is 15.6. The standard InChI is InChI=1S/C64H66BN3O/c1-60(2,3)37-25-27-42(28-26-37)67-52-36-40(63(10,11)12)31-45-46-32-38(61(4,5)6)33-47-53-51(30-29-44-43-23-19-20-24-50(43)66(57(44)53)41-21-17-16-18-22-41)68(56(46)47)65(54(45)52)55-48-34-39(62(7,8)9)35-49(64(13,14)15)58(48)69-59(55)67/h16-36H,1-15H3. The molecule has 7 aromatic carbocycles. The first-order valence-electron chi connectivity index (χ1n) is 25.2. The molecule has 5 heteroatoms. The van der Waals surface area contributed by atoms with Crippen molar-refractivity contribution < 1.29 is 4.42 Å². The van der Waals surface area contributed by atoms with E-state index in [0.717, 1.165) is 22.8 Å². The summed E-state index contributed by atoms with van der Waals surface area (Å²) < 4.78 is 13.0. The smallest absolute Gasteiger partial charge is 0.337 e. The zero-order chi connectivity index (χ0) is 48.6. The molecular weight excluding hydrogens is 838 g/mol. The summed E-state index contributed by atoms with van der Waals surface area (Å²) >= 11 is 0. The van der Waals surface area contributed by atoms with Crippen LogP contribution >= 0.6 is 0 Å². The van der Waals surface area contributed by atoms with Gasteiger partial charge in [0.2, 0.25) is 5.88 Å². The van der Waals surface area contributed by atoms with Gasteiger partial charge in [0.25, 0.3) is 0 Å². The number of anilines is 3. The monoisotopic (exact) mass is 904 g/mol. The van der Waals surface area contributed by atoms with Crippen LogP contribution in [-0.4, -0.2) is 15.9 Å². The topological polar surface area (TPSA) is 26.2 Å². The number of hydrogen-bond acceptors (Lipinski definition) is 2. The highest BCUT2D eigenvalue weighted by Crippen LogP contribution is 2.52. The maximum absolute atomic E-state index is 7.69. The Morgan fingerprint density at radius 2 is 1.01 bits per heavy atom. The Morgan fingerprint density at radius 1 is 0.420 bits per heavy atom.